The second-order valence-electron chi connectivity index (χ2n) is 8.85. The van der Waals surface area contributed by atoms with Crippen molar-refractivity contribution in [2.24, 2.45) is 5.92 Å². The lowest BCUT2D eigenvalue weighted by molar-refractivity contribution is 0.0754. The molecule has 0 radical (unpaired) electrons. The smallest absolute Gasteiger partial charge is 0.324 e. The van der Waals surface area contributed by atoms with Gasteiger partial charge in [-0.2, -0.15) is 0 Å². The van der Waals surface area contributed by atoms with Crippen molar-refractivity contribution in [3.05, 3.63) is 63.6 Å². The number of nitrogens with zero attached hydrogens (tertiary/aromatic N) is 3. The van der Waals surface area contributed by atoms with Gasteiger partial charge in [0.05, 0.1) is 11.8 Å². The fourth-order valence-electron chi connectivity index (χ4n) is 4.47. The molecular weight excluding hydrogens is 442 g/mol. The fourth-order valence-corrected chi connectivity index (χ4v) is 4.82. The summed E-state index contributed by atoms with van der Waals surface area (Å²) in [5, 5.41) is 10.8. The van der Waals surface area contributed by atoms with Crippen molar-refractivity contribution in [1.82, 2.24) is 9.80 Å². The monoisotopic (exact) mass is 471 g/mol. The summed E-state index contributed by atoms with van der Waals surface area (Å²) in [6.07, 6.45) is 0.438. The van der Waals surface area contributed by atoms with Gasteiger partial charge in [-0.15, -0.1) is 0 Å². The average molecular weight is 472 g/mol. The zero-order valence-corrected chi connectivity index (χ0v) is 19.3. The first-order valence-corrected chi connectivity index (χ1v) is 11.5. The number of amides is 2. The van der Waals surface area contributed by atoms with Crippen LogP contribution < -0.4 is 4.90 Å². The topological polar surface area (TPSA) is 47.0 Å². The molecule has 2 aliphatic heterocycles. The van der Waals surface area contributed by atoms with E-state index in [2.05, 4.69) is 65.0 Å². The average Bonchev–Trinajstić information content (AvgIpc) is 2.71. The molecule has 0 spiro atoms. The third-order valence-electron chi connectivity index (χ3n) is 5.86. The minimum atomic E-state index is -0.572. The Bertz CT molecular complexity index is 917. The highest BCUT2D eigenvalue weighted by Gasteiger charge is 2.32. The maximum atomic E-state index is 13.2. The molecular formula is C24H30BrN3O2. The number of aliphatic hydroxyl groups is 1. The van der Waals surface area contributed by atoms with Gasteiger partial charge in [-0.05, 0) is 41.2 Å². The minimum absolute atomic E-state index is 0.0164. The van der Waals surface area contributed by atoms with Crippen LogP contribution in [0.5, 0.6) is 0 Å². The van der Waals surface area contributed by atoms with Crippen molar-refractivity contribution in [1.29, 1.82) is 0 Å². The summed E-state index contributed by atoms with van der Waals surface area (Å²) in [4.78, 5) is 19.2. The van der Waals surface area contributed by atoms with Gasteiger partial charge in [0.15, 0.2) is 0 Å². The number of anilines is 1. The SMILES string of the molecule is CC(C)CN1C(=O)N(C[C@H](O)CN2CCc3ccccc3C2)Cc2ccc(Br)cc21. The summed E-state index contributed by atoms with van der Waals surface area (Å²) in [5.41, 5.74) is 4.84. The summed E-state index contributed by atoms with van der Waals surface area (Å²) in [5.74, 6) is 0.360. The molecule has 2 aliphatic rings. The summed E-state index contributed by atoms with van der Waals surface area (Å²) in [7, 11) is 0. The molecule has 2 heterocycles. The second kappa shape index (κ2) is 9.08. The van der Waals surface area contributed by atoms with Crippen LogP contribution in [0, 0.1) is 5.92 Å². The Balaban J connectivity index is 1.43. The third-order valence-corrected chi connectivity index (χ3v) is 6.35. The van der Waals surface area contributed by atoms with Crippen molar-refractivity contribution in [3.63, 3.8) is 0 Å². The molecule has 160 valence electrons. The van der Waals surface area contributed by atoms with Crippen LogP contribution in [-0.4, -0.2) is 53.2 Å². The quantitative estimate of drug-likeness (QED) is 0.684. The third kappa shape index (κ3) is 4.71. The van der Waals surface area contributed by atoms with Crippen molar-refractivity contribution in [2.45, 2.75) is 39.5 Å². The van der Waals surface area contributed by atoms with E-state index in [-0.39, 0.29) is 6.03 Å². The Hall–Kier alpha value is -1.89. The lowest BCUT2D eigenvalue weighted by atomic mass is 9.99. The number of fused-ring (bicyclic) bond motifs is 2. The Labute approximate surface area is 187 Å². The summed E-state index contributed by atoms with van der Waals surface area (Å²) in [6.45, 7) is 8.17. The van der Waals surface area contributed by atoms with Crippen molar-refractivity contribution >= 4 is 27.6 Å². The van der Waals surface area contributed by atoms with Gasteiger partial charge in [-0.25, -0.2) is 4.79 Å². The molecule has 1 N–H and O–H groups in total. The number of aliphatic hydroxyl groups excluding tert-OH is 1. The van der Waals surface area contributed by atoms with E-state index >= 15 is 0 Å². The standard InChI is InChI=1S/C24H30BrN3O2/c1-17(2)12-28-23-11-21(25)8-7-20(23)14-27(24(28)30)16-22(29)15-26-10-9-18-5-3-4-6-19(18)13-26/h3-8,11,17,22,29H,9-10,12-16H2,1-2H3/t22-/m1/s1. The minimum Gasteiger partial charge on any atom is -0.390 e. The number of hydrogen-bond acceptors (Lipinski definition) is 3. The second-order valence-corrected chi connectivity index (χ2v) is 9.76. The predicted octanol–water partition coefficient (Wildman–Crippen LogP) is 4.27. The molecule has 0 saturated carbocycles. The molecule has 0 bridgehead atoms. The van der Waals surface area contributed by atoms with Crippen LogP contribution in [0.3, 0.4) is 0 Å². The largest absolute Gasteiger partial charge is 0.390 e. The van der Waals surface area contributed by atoms with Crippen LogP contribution >= 0.6 is 15.9 Å². The van der Waals surface area contributed by atoms with E-state index in [1.165, 1.54) is 11.1 Å². The van der Waals surface area contributed by atoms with E-state index in [1.54, 1.807) is 4.90 Å². The number of urea groups is 1. The van der Waals surface area contributed by atoms with Crippen LogP contribution in [0.4, 0.5) is 10.5 Å². The van der Waals surface area contributed by atoms with Crippen LogP contribution in [0.25, 0.3) is 0 Å². The van der Waals surface area contributed by atoms with E-state index in [0.717, 1.165) is 35.2 Å². The van der Waals surface area contributed by atoms with Crippen LogP contribution in [0.2, 0.25) is 0 Å². The lowest BCUT2D eigenvalue weighted by Gasteiger charge is -2.39. The number of carbonyl (C=O) groups excluding carboxylic acids is 1. The molecule has 0 unspecified atom stereocenters. The molecule has 0 fully saturated rings. The molecule has 0 aromatic heterocycles. The first-order valence-electron chi connectivity index (χ1n) is 10.7. The normalized spacial score (nSPS) is 17.8. The molecule has 0 aliphatic carbocycles. The number of halogens is 1. The van der Waals surface area contributed by atoms with Gasteiger partial charge in [0, 0.05) is 43.7 Å². The van der Waals surface area contributed by atoms with E-state index in [9.17, 15) is 9.90 Å². The Morgan fingerprint density at radius 1 is 1.00 bits per heavy atom. The zero-order valence-electron chi connectivity index (χ0n) is 17.7. The first-order chi connectivity index (χ1) is 14.4. The predicted molar refractivity (Wildman–Crippen MR) is 124 cm³/mol. The molecule has 2 amide bonds. The number of benzene rings is 2. The lowest BCUT2D eigenvalue weighted by Crippen LogP contribution is -2.52. The highest BCUT2D eigenvalue weighted by molar-refractivity contribution is 9.10. The van der Waals surface area contributed by atoms with Crippen molar-refractivity contribution in [2.75, 3.05) is 31.1 Å². The fraction of sp³-hybridized carbons (Fsp3) is 0.458. The highest BCUT2D eigenvalue weighted by atomic mass is 79.9. The number of rotatable bonds is 6. The molecule has 2 aromatic rings. The maximum absolute atomic E-state index is 13.2. The highest BCUT2D eigenvalue weighted by Crippen LogP contribution is 2.32. The zero-order chi connectivity index (χ0) is 21.3. The van der Waals surface area contributed by atoms with Crippen molar-refractivity contribution < 1.29 is 9.90 Å². The molecule has 4 rings (SSSR count). The van der Waals surface area contributed by atoms with Gasteiger partial charge in [-0.1, -0.05) is 60.1 Å². The molecule has 2 aromatic carbocycles. The summed E-state index contributed by atoms with van der Waals surface area (Å²) in [6, 6.07) is 14.6. The van der Waals surface area contributed by atoms with E-state index in [1.807, 2.05) is 17.0 Å². The summed E-state index contributed by atoms with van der Waals surface area (Å²) >= 11 is 3.53. The first kappa shape index (κ1) is 21.3. The van der Waals surface area contributed by atoms with Gasteiger partial charge in [0.2, 0.25) is 0 Å². The van der Waals surface area contributed by atoms with Gasteiger partial charge < -0.3 is 10.0 Å². The number of β-amino-alcohol motifs (C(OH)–C–C–N with tert-alkyl or cyclic N) is 1. The summed E-state index contributed by atoms with van der Waals surface area (Å²) < 4.78 is 0.974. The van der Waals surface area contributed by atoms with Crippen molar-refractivity contribution in [3.8, 4) is 0 Å². The maximum Gasteiger partial charge on any atom is 0.324 e. The number of hydrogen-bond donors (Lipinski definition) is 1. The van der Waals surface area contributed by atoms with Gasteiger partial charge in [0.25, 0.3) is 0 Å². The van der Waals surface area contributed by atoms with Gasteiger partial charge in [-0.3, -0.25) is 9.80 Å². The molecule has 1 atom stereocenters. The van der Waals surface area contributed by atoms with E-state index in [4.69, 9.17) is 0 Å². The van der Waals surface area contributed by atoms with Gasteiger partial charge >= 0.3 is 6.03 Å². The van der Waals surface area contributed by atoms with Crippen LogP contribution in [0.15, 0.2) is 46.9 Å². The number of carbonyl (C=O) groups is 1. The molecule has 0 saturated heterocycles. The van der Waals surface area contributed by atoms with Crippen LogP contribution in [0.1, 0.15) is 30.5 Å². The Morgan fingerprint density at radius 3 is 2.53 bits per heavy atom. The molecule has 6 heteroatoms. The van der Waals surface area contributed by atoms with Gasteiger partial charge in [0.1, 0.15) is 0 Å². The van der Waals surface area contributed by atoms with Crippen LogP contribution in [-0.2, 0) is 19.5 Å². The van der Waals surface area contributed by atoms with E-state index < -0.39 is 6.10 Å². The molecule has 30 heavy (non-hydrogen) atoms. The Morgan fingerprint density at radius 2 is 1.77 bits per heavy atom. The molecule has 5 nitrogen and oxygen atoms in total. The van der Waals surface area contributed by atoms with E-state index in [0.29, 0.717) is 32.1 Å². The Kier molecular flexibility index (Phi) is 6.46.